The summed E-state index contributed by atoms with van der Waals surface area (Å²) in [7, 11) is 0. The van der Waals surface area contributed by atoms with Crippen LogP contribution in [0.3, 0.4) is 0 Å². The van der Waals surface area contributed by atoms with Crippen molar-refractivity contribution in [2.45, 2.75) is 38.3 Å². The Labute approximate surface area is 120 Å². The minimum Gasteiger partial charge on any atom is -0.377 e. The maximum absolute atomic E-state index is 13.4. The average molecular weight is 280 g/mol. The van der Waals surface area contributed by atoms with Gasteiger partial charge in [0.15, 0.2) is 0 Å². The number of ether oxygens (including phenoxy) is 1. The number of hydrogen-bond donors (Lipinski definition) is 1. The molecule has 1 aliphatic rings. The third-order valence-electron chi connectivity index (χ3n) is 4.13. The van der Waals surface area contributed by atoms with E-state index in [2.05, 4.69) is 18.7 Å². The first-order chi connectivity index (χ1) is 9.53. The molecule has 4 heteroatoms. The molecule has 1 saturated heterocycles. The Hall–Kier alpha value is -0.970. The second-order valence-electron chi connectivity index (χ2n) is 5.99. The molecule has 20 heavy (non-hydrogen) atoms. The van der Waals surface area contributed by atoms with Crippen LogP contribution in [0.15, 0.2) is 24.3 Å². The van der Waals surface area contributed by atoms with Gasteiger partial charge in [-0.05, 0) is 44.4 Å². The standard InChI is InChI=1S/C16H25FN2O/c1-13-11-19(7-4-8-20-13)16(2,12-18)10-14-5-3-6-15(17)9-14/h3,5-6,9,13H,4,7-8,10-12,18H2,1-2H3. The van der Waals surface area contributed by atoms with Gasteiger partial charge in [-0.25, -0.2) is 4.39 Å². The molecule has 1 aromatic carbocycles. The second-order valence-corrected chi connectivity index (χ2v) is 5.99. The zero-order chi connectivity index (χ0) is 14.6. The van der Waals surface area contributed by atoms with Crippen LogP contribution in [0.2, 0.25) is 0 Å². The summed E-state index contributed by atoms with van der Waals surface area (Å²) >= 11 is 0. The Balaban J connectivity index is 2.14. The fourth-order valence-electron chi connectivity index (χ4n) is 2.88. The Morgan fingerprint density at radius 2 is 2.30 bits per heavy atom. The quantitative estimate of drug-likeness (QED) is 0.919. The van der Waals surface area contributed by atoms with E-state index in [9.17, 15) is 4.39 Å². The SMILES string of the molecule is CC1CN(C(C)(CN)Cc2cccc(F)c2)CCCO1. The van der Waals surface area contributed by atoms with E-state index in [1.807, 2.05) is 6.07 Å². The number of hydrogen-bond acceptors (Lipinski definition) is 3. The van der Waals surface area contributed by atoms with Crippen molar-refractivity contribution in [3.05, 3.63) is 35.6 Å². The van der Waals surface area contributed by atoms with Crippen LogP contribution in [0.4, 0.5) is 4.39 Å². The molecule has 0 aromatic heterocycles. The topological polar surface area (TPSA) is 38.5 Å². The molecule has 2 unspecified atom stereocenters. The zero-order valence-corrected chi connectivity index (χ0v) is 12.4. The van der Waals surface area contributed by atoms with Gasteiger partial charge >= 0.3 is 0 Å². The summed E-state index contributed by atoms with van der Waals surface area (Å²) in [6.45, 7) is 7.47. The molecule has 1 aromatic rings. The summed E-state index contributed by atoms with van der Waals surface area (Å²) in [4.78, 5) is 2.40. The molecule has 1 heterocycles. The van der Waals surface area contributed by atoms with E-state index >= 15 is 0 Å². The van der Waals surface area contributed by atoms with Crippen LogP contribution < -0.4 is 5.73 Å². The van der Waals surface area contributed by atoms with Crippen LogP contribution in [-0.2, 0) is 11.2 Å². The molecule has 2 rings (SSSR count). The molecule has 0 amide bonds. The average Bonchev–Trinajstić information content (AvgIpc) is 2.64. The van der Waals surface area contributed by atoms with Crippen molar-refractivity contribution in [2.75, 3.05) is 26.2 Å². The predicted molar refractivity (Wildman–Crippen MR) is 79.2 cm³/mol. The van der Waals surface area contributed by atoms with Crippen molar-refractivity contribution in [1.29, 1.82) is 0 Å². The lowest BCUT2D eigenvalue weighted by Gasteiger charge is -2.41. The summed E-state index contributed by atoms with van der Waals surface area (Å²) in [6, 6.07) is 6.81. The first-order valence-electron chi connectivity index (χ1n) is 7.35. The molecule has 112 valence electrons. The normalized spacial score (nSPS) is 24.1. The molecule has 0 spiro atoms. The van der Waals surface area contributed by atoms with Crippen molar-refractivity contribution in [2.24, 2.45) is 5.73 Å². The molecule has 0 radical (unpaired) electrons. The number of nitrogens with two attached hydrogens (primary N) is 1. The lowest BCUT2D eigenvalue weighted by atomic mass is 9.90. The van der Waals surface area contributed by atoms with Crippen molar-refractivity contribution >= 4 is 0 Å². The van der Waals surface area contributed by atoms with E-state index in [0.717, 1.165) is 38.1 Å². The van der Waals surface area contributed by atoms with E-state index in [1.54, 1.807) is 12.1 Å². The maximum Gasteiger partial charge on any atom is 0.123 e. The van der Waals surface area contributed by atoms with E-state index in [4.69, 9.17) is 10.5 Å². The van der Waals surface area contributed by atoms with Gasteiger partial charge in [-0.1, -0.05) is 12.1 Å². The minimum atomic E-state index is -0.186. The summed E-state index contributed by atoms with van der Waals surface area (Å²) in [6.07, 6.45) is 1.99. The van der Waals surface area contributed by atoms with E-state index in [-0.39, 0.29) is 17.5 Å². The molecule has 0 saturated carbocycles. The van der Waals surface area contributed by atoms with Crippen LogP contribution in [0, 0.1) is 5.82 Å². The van der Waals surface area contributed by atoms with E-state index in [0.29, 0.717) is 6.54 Å². The van der Waals surface area contributed by atoms with Crippen LogP contribution in [0.5, 0.6) is 0 Å². The molecule has 3 nitrogen and oxygen atoms in total. The highest BCUT2D eigenvalue weighted by atomic mass is 19.1. The van der Waals surface area contributed by atoms with Gasteiger partial charge in [-0.2, -0.15) is 0 Å². The number of benzene rings is 1. The summed E-state index contributed by atoms with van der Waals surface area (Å²) < 4.78 is 19.1. The Morgan fingerprint density at radius 1 is 1.50 bits per heavy atom. The van der Waals surface area contributed by atoms with E-state index < -0.39 is 0 Å². The summed E-state index contributed by atoms with van der Waals surface area (Å²) in [5.41, 5.74) is 6.88. The third-order valence-corrected chi connectivity index (χ3v) is 4.13. The molecule has 2 atom stereocenters. The van der Waals surface area contributed by atoms with Crippen molar-refractivity contribution < 1.29 is 9.13 Å². The lowest BCUT2D eigenvalue weighted by Crippen LogP contribution is -2.55. The van der Waals surface area contributed by atoms with Gasteiger partial charge in [0, 0.05) is 31.8 Å². The Bertz CT molecular complexity index is 440. The molecule has 1 fully saturated rings. The largest absolute Gasteiger partial charge is 0.377 e. The van der Waals surface area contributed by atoms with Gasteiger partial charge in [0.25, 0.3) is 0 Å². The lowest BCUT2D eigenvalue weighted by molar-refractivity contribution is 0.0429. The smallest absolute Gasteiger partial charge is 0.123 e. The predicted octanol–water partition coefficient (Wildman–Crippen LogP) is 2.20. The highest BCUT2D eigenvalue weighted by molar-refractivity contribution is 5.19. The molecule has 2 N–H and O–H groups in total. The van der Waals surface area contributed by atoms with E-state index in [1.165, 1.54) is 6.07 Å². The maximum atomic E-state index is 13.4. The van der Waals surface area contributed by atoms with Gasteiger partial charge in [-0.3, -0.25) is 4.90 Å². The Kier molecular flexibility index (Phi) is 5.13. The van der Waals surface area contributed by atoms with Gasteiger partial charge in [-0.15, -0.1) is 0 Å². The first-order valence-corrected chi connectivity index (χ1v) is 7.35. The molecule has 1 aliphatic heterocycles. The fourth-order valence-corrected chi connectivity index (χ4v) is 2.88. The van der Waals surface area contributed by atoms with Crippen LogP contribution >= 0.6 is 0 Å². The minimum absolute atomic E-state index is 0.157. The summed E-state index contributed by atoms with van der Waals surface area (Å²) in [5.74, 6) is -0.186. The highest BCUT2D eigenvalue weighted by Gasteiger charge is 2.32. The van der Waals surface area contributed by atoms with Crippen molar-refractivity contribution in [3.8, 4) is 0 Å². The number of halogens is 1. The fraction of sp³-hybridized carbons (Fsp3) is 0.625. The van der Waals surface area contributed by atoms with Gasteiger partial charge in [0.1, 0.15) is 5.82 Å². The summed E-state index contributed by atoms with van der Waals surface area (Å²) in [5, 5.41) is 0. The van der Waals surface area contributed by atoms with Crippen LogP contribution in [-0.4, -0.2) is 42.8 Å². The van der Waals surface area contributed by atoms with Gasteiger partial charge in [0.2, 0.25) is 0 Å². The molecule has 0 aliphatic carbocycles. The highest BCUT2D eigenvalue weighted by Crippen LogP contribution is 2.23. The second kappa shape index (κ2) is 6.66. The Morgan fingerprint density at radius 3 is 3.00 bits per heavy atom. The van der Waals surface area contributed by atoms with Crippen molar-refractivity contribution in [1.82, 2.24) is 4.90 Å². The van der Waals surface area contributed by atoms with Crippen LogP contribution in [0.1, 0.15) is 25.8 Å². The number of nitrogens with zero attached hydrogens (tertiary/aromatic N) is 1. The van der Waals surface area contributed by atoms with Gasteiger partial charge in [0.05, 0.1) is 6.10 Å². The zero-order valence-electron chi connectivity index (χ0n) is 12.4. The van der Waals surface area contributed by atoms with Crippen molar-refractivity contribution in [3.63, 3.8) is 0 Å². The monoisotopic (exact) mass is 280 g/mol. The van der Waals surface area contributed by atoms with Gasteiger partial charge < -0.3 is 10.5 Å². The number of rotatable bonds is 4. The third kappa shape index (κ3) is 3.78. The molecular formula is C16H25FN2O. The van der Waals surface area contributed by atoms with Crippen LogP contribution in [0.25, 0.3) is 0 Å². The molecule has 0 bridgehead atoms. The first kappa shape index (κ1) is 15.4. The molecular weight excluding hydrogens is 255 g/mol.